The second-order valence-corrected chi connectivity index (χ2v) is 13.4. The number of hydrogen-bond acceptors (Lipinski definition) is 6. The molecule has 1 amide bonds. The monoisotopic (exact) mass is 600 g/mol. The molecule has 7 nitrogen and oxygen atoms in total. The molecule has 41 heavy (non-hydrogen) atoms. The van der Waals surface area contributed by atoms with E-state index < -0.39 is 11.0 Å². The first-order chi connectivity index (χ1) is 19.5. The third-order valence-electron chi connectivity index (χ3n) is 9.81. The fourth-order valence-corrected chi connectivity index (χ4v) is 8.69. The van der Waals surface area contributed by atoms with Crippen LogP contribution in [0.2, 0.25) is 10.0 Å². The van der Waals surface area contributed by atoms with E-state index in [1.165, 1.54) is 12.5 Å². The van der Waals surface area contributed by atoms with Gasteiger partial charge in [0.15, 0.2) is 11.5 Å². The van der Waals surface area contributed by atoms with E-state index in [4.69, 9.17) is 37.4 Å². The standard InChI is InChI=1S/C32H38Cl2N2O5/c1-18(2)17-36(27(38)15-20-6-8-22(33)23(34)14-20)24-10-11-32(41-19(3)37)26-16-21-7-9-25(39-5)29-28(21)31(32,30(24)40-29)12-13-35(26)4/h6-9,14,18,24,26,30H,10-13,15-17H2,1-5H3/t24-,26+,30-,31-,32+/m0/s1. The minimum absolute atomic E-state index is 0.0181. The third kappa shape index (κ3) is 4.25. The molecule has 5 atom stereocenters. The van der Waals surface area contributed by atoms with Crippen molar-refractivity contribution in [1.82, 2.24) is 9.80 Å². The summed E-state index contributed by atoms with van der Waals surface area (Å²) in [5, 5.41) is 0.898. The van der Waals surface area contributed by atoms with Gasteiger partial charge in [-0.25, -0.2) is 0 Å². The molecule has 2 fully saturated rings. The maximum Gasteiger partial charge on any atom is 0.303 e. The second-order valence-electron chi connectivity index (χ2n) is 12.5. The van der Waals surface area contributed by atoms with Crippen molar-refractivity contribution in [3.63, 3.8) is 0 Å². The quantitative estimate of drug-likeness (QED) is 0.394. The van der Waals surface area contributed by atoms with Gasteiger partial charge in [-0.3, -0.25) is 14.5 Å². The van der Waals surface area contributed by atoms with E-state index >= 15 is 0 Å². The smallest absolute Gasteiger partial charge is 0.303 e. The number of piperidine rings is 1. The van der Waals surface area contributed by atoms with Crippen molar-refractivity contribution in [2.24, 2.45) is 5.92 Å². The van der Waals surface area contributed by atoms with E-state index in [1.807, 2.05) is 17.0 Å². The average molecular weight is 602 g/mol. The Kier molecular flexibility index (Phi) is 7.23. The van der Waals surface area contributed by atoms with Crippen molar-refractivity contribution in [3.8, 4) is 11.5 Å². The highest BCUT2D eigenvalue weighted by Crippen LogP contribution is 2.67. The summed E-state index contributed by atoms with van der Waals surface area (Å²) in [4.78, 5) is 31.3. The molecule has 4 aliphatic rings. The molecule has 220 valence electrons. The van der Waals surface area contributed by atoms with Gasteiger partial charge in [0.1, 0.15) is 11.7 Å². The van der Waals surface area contributed by atoms with E-state index in [0.717, 1.165) is 36.3 Å². The number of halogens is 2. The molecule has 2 aromatic rings. The number of nitrogens with zero attached hydrogens (tertiary/aromatic N) is 2. The number of hydrogen-bond donors (Lipinski definition) is 0. The molecular weight excluding hydrogens is 563 g/mol. The largest absolute Gasteiger partial charge is 0.493 e. The van der Waals surface area contributed by atoms with Crippen molar-refractivity contribution in [2.75, 3.05) is 27.2 Å². The third-order valence-corrected chi connectivity index (χ3v) is 10.5. The summed E-state index contributed by atoms with van der Waals surface area (Å²) in [5.74, 6) is 1.40. The average Bonchev–Trinajstić information content (AvgIpc) is 3.27. The molecule has 1 spiro atoms. The lowest BCUT2D eigenvalue weighted by Crippen LogP contribution is -2.79. The zero-order valence-electron chi connectivity index (χ0n) is 24.3. The summed E-state index contributed by atoms with van der Waals surface area (Å²) in [6.07, 6.45) is 2.67. The van der Waals surface area contributed by atoms with Crippen LogP contribution in [-0.4, -0.2) is 72.7 Å². The molecule has 6 rings (SSSR count). The Hall–Kier alpha value is -2.48. The summed E-state index contributed by atoms with van der Waals surface area (Å²) in [6.45, 7) is 7.19. The topological polar surface area (TPSA) is 68.3 Å². The lowest BCUT2D eigenvalue weighted by molar-refractivity contribution is -0.222. The number of esters is 1. The van der Waals surface area contributed by atoms with Gasteiger partial charge < -0.3 is 19.1 Å². The lowest BCUT2D eigenvalue weighted by atomic mass is 9.48. The predicted molar refractivity (Wildman–Crippen MR) is 158 cm³/mol. The predicted octanol–water partition coefficient (Wildman–Crippen LogP) is 5.45. The zero-order chi connectivity index (χ0) is 29.3. The van der Waals surface area contributed by atoms with Gasteiger partial charge in [-0.15, -0.1) is 0 Å². The molecule has 2 heterocycles. The normalized spacial score (nSPS) is 29.5. The van der Waals surface area contributed by atoms with E-state index in [2.05, 4.69) is 31.9 Å². The summed E-state index contributed by atoms with van der Waals surface area (Å²) in [7, 11) is 3.78. The number of carbonyl (C=O) groups is 2. The van der Waals surface area contributed by atoms with Gasteiger partial charge in [0.2, 0.25) is 5.91 Å². The number of likely N-dealkylation sites (N-methyl/N-ethyl adjacent to an activating group) is 1. The van der Waals surface area contributed by atoms with E-state index in [0.29, 0.717) is 35.2 Å². The van der Waals surface area contributed by atoms with Gasteiger partial charge in [-0.05, 0) is 74.5 Å². The number of ether oxygens (including phenoxy) is 3. The Bertz CT molecular complexity index is 1400. The van der Waals surface area contributed by atoms with Crippen LogP contribution in [0.15, 0.2) is 30.3 Å². The molecule has 0 unspecified atom stereocenters. The van der Waals surface area contributed by atoms with Crippen LogP contribution in [0.1, 0.15) is 56.7 Å². The SMILES string of the molecule is COc1ccc2c3c1O[C@H]1[C@@H](N(CC(C)C)C(=O)Cc4ccc(Cl)c(Cl)c4)CC[C@@]4(OC(C)=O)[C@@H](C2)N(C)CC[C@]314. The molecule has 0 radical (unpaired) electrons. The Balaban J connectivity index is 1.48. The van der Waals surface area contributed by atoms with Crippen molar-refractivity contribution < 1.29 is 23.8 Å². The summed E-state index contributed by atoms with van der Waals surface area (Å²) >= 11 is 12.4. The molecular formula is C32H38Cl2N2O5. The Morgan fingerprint density at radius 2 is 1.95 bits per heavy atom. The number of benzene rings is 2. The van der Waals surface area contributed by atoms with E-state index in [1.54, 1.807) is 19.2 Å². The molecule has 0 N–H and O–H groups in total. The maximum absolute atomic E-state index is 14.1. The van der Waals surface area contributed by atoms with Crippen molar-refractivity contribution in [3.05, 3.63) is 57.1 Å². The highest BCUT2D eigenvalue weighted by atomic mass is 35.5. The fourth-order valence-electron chi connectivity index (χ4n) is 8.37. The summed E-state index contributed by atoms with van der Waals surface area (Å²) in [5.41, 5.74) is 1.79. The van der Waals surface area contributed by atoms with Crippen molar-refractivity contribution in [1.29, 1.82) is 0 Å². The van der Waals surface area contributed by atoms with Crippen LogP contribution in [0.25, 0.3) is 0 Å². The molecule has 2 aliphatic heterocycles. The van der Waals surface area contributed by atoms with Crippen molar-refractivity contribution in [2.45, 2.75) is 82.1 Å². The molecule has 2 aromatic carbocycles. The zero-order valence-corrected chi connectivity index (χ0v) is 25.8. The molecule has 9 heteroatoms. The van der Waals surface area contributed by atoms with Gasteiger partial charge in [-0.2, -0.15) is 0 Å². The number of rotatable bonds is 7. The maximum atomic E-state index is 14.1. The van der Waals surface area contributed by atoms with Crippen LogP contribution >= 0.6 is 23.2 Å². The first kappa shape index (κ1) is 28.6. The summed E-state index contributed by atoms with van der Waals surface area (Å²) in [6, 6.07) is 9.28. The highest BCUT2D eigenvalue weighted by Gasteiger charge is 2.75. The van der Waals surface area contributed by atoms with Gasteiger partial charge in [-0.1, -0.05) is 49.2 Å². The van der Waals surface area contributed by atoms with Crippen LogP contribution < -0.4 is 9.47 Å². The van der Waals surface area contributed by atoms with Gasteiger partial charge in [0.25, 0.3) is 0 Å². The molecule has 2 aliphatic carbocycles. The van der Waals surface area contributed by atoms with Crippen molar-refractivity contribution >= 4 is 35.1 Å². The first-order valence-electron chi connectivity index (χ1n) is 14.5. The van der Waals surface area contributed by atoms with Crippen LogP contribution in [0.4, 0.5) is 0 Å². The summed E-state index contributed by atoms with van der Waals surface area (Å²) < 4.78 is 19.3. The van der Waals surface area contributed by atoms with Gasteiger partial charge >= 0.3 is 5.97 Å². The van der Waals surface area contributed by atoms with E-state index in [-0.39, 0.29) is 42.4 Å². The number of amides is 1. The number of carbonyl (C=O) groups excluding carboxylic acids is 2. The van der Waals surface area contributed by atoms with Crippen LogP contribution in [0.3, 0.4) is 0 Å². The van der Waals surface area contributed by atoms with Gasteiger partial charge in [0, 0.05) is 19.0 Å². The Labute approximate surface area is 252 Å². The Morgan fingerprint density at radius 1 is 1.17 bits per heavy atom. The number of likely N-dealkylation sites (tertiary alicyclic amines) is 1. The van der Waals surface area contributed by atoms with Crippen LogP contribution in [-0.2, 0) is 32.6 Å². The minimum atomic E-state index is -0.756. The molecule has 1 saturated heterocycles. The highest BCUT2D eigenvalue weighted by molar-refractivity contribution is 6.42. The van der Waals surface area contributed by atoms with E-state index in [9.17, 15) is 9.59 Å². The minimum Gasteiger partial charge on any atom is -0.493 e. The van der Waals surface area contributed by atoms with Crippen LogP contribution in [0.5, 0.6) is 11.5 Å². The molecule has 0 aromatic heterocycles. The second kappa shape index (κ2) is 10.4. The Morgan fingerprint density at radius 3 is 2.63 bits per heavy atom. The lowest BCUT2D eigenvalue weighted by Gasteiger charge is -2.65. The molecule has 1 saturated carbocycles. The molecule has 2 bridgehead atoms. The number of methoxy groups -OCH3 is 1. The van der Waals surface area contributed by atoms with Gasteiger partial charge in [0.05, 0.1) is 41.1 Å². The fraction of sp³-hybridized carbons (Fsp3) is 0.562. The van der Waals surface area contributed by atoms with Crippen LogP contribution in [0, 0.1) is 5.92 Å². The first-order valence-corrected chi connectivity index (χ1v) is 15.3.